The first-order chi connectivity index (χ1) is 14.8. The third-order valence-electron chi connectivity index (χ3n) is 5.37. The Morgan fingerprint density at radius 3 is 2.39 bits per heavy atom. The van der Waals surface area contributed by atoms with Gasteiger partial charge < -0.3 is 10.6 Å². The maximum absolute atomic E-state index is 13.9. The highest BCUT2D eigenvalue weighted by Gasteiger charge is 2.47. The van der Waals surface area contributed by atoms with Gasteiger partial charge in [0.1, 0.15) is 11.2 Å². The minimum absolute atomic E-state index is 0.0788. The van der Waals surface area contributed by atoms with E-state index in [2.05, 4.69) is 15.6 Å². The van der Waals surface area contributed by atoms with Crippen LogP contribution in [-0.2, 0) is 0 Å². The first-order valence-electron chi connectivity index (χ1n) is 9.77. The van der Waals surface area contributed by atoms with E-state index in [1.807, 2.05) is 30.3 Å². The molecule has 0 fully saturated rings. The topological polar surface area (TPSA) is 59.0 Å². The van der Waals surface area contributed by atoms with Crippen molar-refractivity contribution in [3.8, 4) is 0 Å². The fourth-order valence-electron chi connectivity index (χ4n) is 3.76. The van der Waals surface area contributed by atoms with Gasteiger partial charge in [-0.05, 0) is 18.1 Å². The van der Waals surface area contributed by atoms with Gasteiger partial charge in [-0.3, -0.25) is 9.36 Å². The van der Waals surface area contributed by atoms with Crippen molar-refractivity contribution in [2.45, 2.75) is 37.6 Å². The van der Waals surface area contributed by atoms with Gasteiger partial charge in [0.25, 0.3) is 5.91 Å². The van der Waals surface area contributed by atoms with Crippen LogP contribution in [0.2, 0.25) is 5.15 Å². The van der Waals surface area contributed by atoms with E-state index in [1.165, 1.54) is 0 Å². The Bertz CT molecular complexity index is 1070. The van der Waals surface area contributed by atoms with E-state index in [0.717, 1.165) is 10.1 Å². The van der Waals surface area contributed by atoms with Gasteiger partial charge in [-0.25, -0.2) is 4.98 Å². The van der Waals surface area contributed by atoms with Crippen molar-refractivity contribution in [2.24, 2.45) is 0 Å². The molecule has 1 aromatic heterocycles. The van der Waals surface area contributed by atoms with Crippen LogP contribution in [0.5, 0.6) is 0 Å². The minimum Gasteiger partial charge on any atom is -0.349 e. The predicted molar refractivity (Wildman–Crippen MR) is 112 cm³/mol. The monoisotopic (exact) mass is 448 g/mol. The molecule has 0 saturated heterocycles. The summed E-state index contributed by atoms with van der Waals surface area (Å²) in [6.45, 7) is 1.78. The molecule has 2 heterocycles. The highest BCUT2D eigenvalue weighted by Crippen LogP contribution is 2.46. The molecule has 3 aromatic rings. The first-order valence-corrected chi connectivity index (χ1v) is 10.1. The molecule has 0 bridgehead atoms. The number of fused-ring (bicyclic) bond motifs is 1. The number of amides is 1. The second kappa shape index (κ2) is 8.26. The summed E-state index contributed by atoms with van der Waals surface area (Å²) in [4.78, 5) is 16.9. The highest BCUT2D eigenvalue weighted by atomic mass is 35.5. The molecule has 1 amide bonds. The molecular formula is C22H20ClF3N4O. The summed E-state index contributed by atoms with van der Waals surface area (Å²) < 4.78 is 42.6. The molecule has 0 spiro atoms. The zero-order valence-corrected chi connectivity index (χ0v) is 17.3. The number of hydrogen-bond donors (Lipinski definition) is 2. The number of hydrogen-bond acceptors (Lipinski definition) is 3. The Hall–Kier alpha value is -3.00. The van der Waals surface area contributed by atoms with Crippen LogP contribution in [0, 0.1) is 0 Å². The third kappa shape index (κ3) is 4.25. The molecule has 1 aliphatic heterocycles. The van der Waals surface area contributed by atoms with Crippen molar-refractivity contribution < 1.29 is 18.0 Å². The maximum atomic E-state index is 13.9. The molecule has 2 aromatic carbocycles. The summed E-state index contributed by atoms with van der Waals surface area (Å²) in [5, 5.41) is 5.42. The van der Waals surface area contributed by atoms with Crippen molar-refractivity contribution in [3.63, 3.8) is 0 Å². The number of alkyl halides is 3. The Kier molecular flexibility index (Phi) is 5.66. The van der Waals surface area contributed by atoms with Crippen LogP contribution in [0.25, 0.3) is 0 Å². The van der Waals surface area contributed by atoms with Crippen molar-refractivity contribution in [2.75, 3.05) is 5.32 Å². The van der Waals surface area contributed by atoms with Crippen LogP contribution in [0.15, 0.2) is 60.7 Å². The van der Waals surface area contributed by atoms with Gasteiger partial charge in [-0.1, -0.05) is 72.3 Å². The Balaban J connectivity index is 1.66. The average Bonchev–Trinajstić information content (AvgIpc) is 3.10. The van der Waals surface area contributed by atoms with E-state index in [9.17, 15) is 18.0 Å². The number of benzene rings is 2. The molecule has 2 N–H and O–H groups in total. The fourth-order valence-corrected chi connectivity index (χ4v) is 4.09. The number of carbonyl (C=O) groups is 1. The van der Waals surface area contributed by atoms with Gasteiger partial charge in [0, 0.05) is 6.42 Å². The van der Waals surface area contributed by atoms with Gasteiger partial charge in [0.2, 0.25) is 5.95 Å². The lowest BCUT2D eigenvalue weighted by Gasteiger charge is -2.34. The first kappa shape index (κ1) is 21.2. The molecule has 0 saturated carbocycles. The fraction of sp³-hybridized carbons (Fsp3) is 0.273. The summed E-state index contributed by atoms with van der Waals surface area (Å²) in [6.07, 6.45) is -4.82. The van der Waals surface area contributed by atoms with Crippen LogP contribution in [-0.4, -0.2) is 21.6 Å². The largest absolute Gasteiger partial charge is 0.409 e. The number of imidazole rings is 1. The number of aromatic nitrogens is 2. The van der Waals surface area contributed by atoms with Gasteiger partial charge in [-0.2, -0.15) is 13.2 Å². The van der Waals surface area contributed by atoms with Crippen molar-refractivity contribution in [1.82, 2.24) is 14.9 Å². The molecule has 31 heavy (non-hydrogen) atoms. The SMILES string of the molecule is C[C@H](NC(=O)c1nc2n(c1Cl)[C@H](C(F)(F)F)C[C@H](c1ccccc1)N2)c1ccccc1. The van der Waals surface area contributed by atoms with E-state index in [1.54, 1.807) is 37.3 Å². The second-order valence-electron chi connectivity index (χ2n) is 7.45. The lowest BCUT2D eigenvalue weighted by Crippen LogP contribution is -2.35. The smallest absolute Gasteiger partial charge is 0.349 e. The molecule has 9 heteroatoms. The number of nitrogens with one attached hydrogen (secondary N) is 2. The Labute approximate surface area is 182 Å². The van der Waals surface area contributed by atoms with E-state index >= 15 is 0 Å². The number of halogens is 4. The van der Waals surface area contributed by atoms with E-state index in [4.69, 9.17) is 11.6 Å². The average molecular weight is 449 g/mol. The number of carbonyl (C=O) groups excluding carboxylic acids is 1. The number of nitrogens with zero attached hydrogens (tertiary/aromatic N) is 2. The zero-order valence-electron chi connectivity index (χ0n) is 16.5. The van der Waals surface area contributed by atoms with E-state index in [0.29, 0.717) is 5.56 Å². The summed E-state index contributed by atoms with van der Waals surface area (Å²) in [7, 11) is 0. The highest BCUT2D eigenvalue weighted by molar-refractivity contribution is 6.33. The molecule has 5 nitrogen and oxygen atoms in total. The maximum Gasteiger partial charge on any atom is 0.409 e. The molecule has 0 radical (unpaired) electrons. The Morgan fingerprint density at radius 1 is 1.16 bits per heavy atom. The quantitative estimate of drug-likeness (QED) is 0.539. The minimum atomic E-state index is -4.56. The van der Waals surface area contributed by atoms with Crippen LogP contribution in [0.1, 0.15) is 53.1 Å². The van der Waals surface area contributed by atoms with Gasteiger partial charge in [0.05, 0.1) is 12.1 Å². The molecule has 0 unspecified atom stereocenters. The normalized spacial score (nSPS) is 19.3. The molecule has 1 aliphatic rings. The number of rotatable bonds is 4. The lowest BCUT2D eigenvalue weighted by atomic mass is 9.97. The van der Waals surface area contributed by atoms with Crippen molar-refractivity contribution in [1.29, 1.82) is 0 Å². The number of anilines is 1. The van der Waals surface area contributed by atoms with Crippen molar-refractivity contribution in [3.05, 3.63) is 82.6 Å². The van der Waals surface area contributed by atoms with Gasteiger partial charge in [0.15, 0.2) is 5.69 Å². The summed E-state index contributed by atoms with van der Waals surface area (Å²) in [5.74, 6) is -0.716. The molecule has 3 atom stereocenters. The Morgan fingerprint density at radius 2 is 1.77 bits per heavy atom. The van der Waals surface area contributed by atoms with E-state index in [-0.39, 0.29) is 29.3 Å². The van der Waals surface area contributed by atoms with E-state index < -0.39 is 24.2 Å². The summed E-state index contributed by atoms with van der Waals surface area (Å²) in [6, 6.07) is 15.1. The van der Waals surface area contributed by atoms with Crippen LogP contribution in [0.3, 0.4) is 0 Å². The molecule has 4 rings (SSSR count). The zero-order chi connectivity index (χ0) is 22.2. The summed E-state index contributed by atoms with van der Waals surface area (Å²) >= 11 is 6.26. The van der Waals surface area contributed by atoms with Crippen molar-refractivity contribution >= 4 is 23.5 Å². The molecular weight excluding hydrogens is 429 g/mol. The van der Waals surface area contributed by atoms with Gasteiger partial charge >= 0.3 is 6.18 Å². The molecule has 162 valence electrons. The second-order valence-corrected chi connectivity index (χ2v) is 7.81. The van der Waals surface area contributed by atoms with Gasteiger partial charge in [-0.15, -0.1) is 0 Å². The standard InChI is InChI=1S/C22H20ClF3N4O/c1-13(14-8-4-2-5-9-14)27-20(31)18-19(23)30-17(22(24,25)26)12-16(28-21(30)29-18)15-10-6-3-7-11-15/h2-11,13,16-17H,12H2,1H3,(H,27,31)(H,28,29)/t13-,16+,17-/m0/s1. The summed E-state index contributed by atoms with van der Waals surface area (Å²) in [5.41, 5.74) is 1.31. The van der Waals surface area contributed by atoms with Crippen LogP contribution >= 0.6 is 11.6 Å². The van der Waals surface area contributed by atoms with Crippen LogP contribution < -0.4 is 10.6 Å². The molecule has 0 aliphatic carbocycles. The predicted octanol–water partition coefficient (Wildman–Crippen LogP) is 5.69. The lowest BCUT2D eigenvalue weighted by molar-refractivity contribution is -0.171. The van der Waals surface area contributed by atoms with Crippen LogP contribution in [0.4, 0.5) is 19.1 Å². The third-order valence-corrected chi connectivity index (χ3v) is 5.73.